The Labute approximate surface area is 106 Å². The molecule has 3 heteroatoms. The minimum atomic E-state index is -0.110. The van der Waals surface area contributed by atoms with E-state index in [-0.39, 0.29) is 5.91 Å². The summed E-state index contributed by atoms with van der Waals surface area (Å²) in [6.07, 6.45) is 4.03. The van der Waals surface area contributed by atoms with Crippen molar-refractivity contribution >= 4 is 23.1 Å². The fourth-order valence-corrected chi connectivity index (χ4v) is 2.52. The highest BCUT2D eigenvalue weighted by molar-refractivity contribution is 6.45. The van der Waals surface area contributed by atoms with Crippen molar-refractivity contribution in [1.82, 2.24) is 5.32 Å². The second kappa shape index (κ2) is 4.19. The van der Waals surface area contributed by atoms with Gasteiger partial charge in [0.1, 0.15) is 5.03 Å². The largest absolute Gasteiger partial charge is 0.349 e. The van der Waals surface area contributed by atoms with Crippen LogP contribution in [0.1, 0.15) is 30.4 Å². The molecule has 0 aromatic heterocycles. The number of carbonyl (C=O) groups excluding carboxylic acids is 1. The van der Waals surface area contributed by atoms with Crippen LogP contribution in [0.4, 0.5) is 0 Å². The Morgan fingerprint density at radius 2 is 2.00 bits per heavy atom. The third kappa shape index (κ3) is 2.09. The molecule has 1 aromatic carbocycles. The lowest BCUT2D eigenvalue weighted by atomic mass is 10.1. The van der Waals surface area contributed by atoms with Crippen LogP contribution in [0.25, 0.3) is 5.57 Å². The normalized spacial score (nSPS) is 21.0. The van der Waals surface area contributed by atoms with Crippen molar-refractivity contribution in [1.29, 1.82) is 0 Å². The quantitative estimate of drug-likeness (QED) is 0.800. The Morgan fingerprint density at radius 1 is 1.24 bits per heavy atom. The van der Waals surface area contributed by atoms with Crippen molar-refractivity contribution in [2.45, 2.75) is 31.7 Å². The highest BCUT2D eigenvalue weighted by atomic mass is 35.5. The molecule has 1 amide bonds. The lowest BCUT2D eigenvalue weighted by Gasteiger charge is -2.06. The van der Waals surface area contributed by atoms with Gasteiger partial charge in [0, 0.05) is 6.04 Å². The molecule has 0 heterocycles. The average molecular weight is 248 g/mol. The summed E-state index contributed by atoms with van der Waals surface area (Å²) in [6.45, 7) is 0. The fourth-order valence-electron chi connectivity index (χ4n) is 2.27. The van der Waals surface area contributed by atoms with Gasteiger partial charge in [-0.15, -0.1) is 0 Å². The molecule has 0 bridgehead atoms. The van der Waals surface area contributed by atoms with Crippen LogP contribution in [0, 0.1) is 0 Å². The molecule has 2 nitrogen and oxygen atoms in total. The van der Waals surface area contributed by atoms with Gasteiger partial charge in [0.25, 0.3) is 5.91 Å². The number of aryl methyl sites for hydroxylation is 1. The molecule has 0 aliphatic heterocycles. The van der Waals surface area contributed by atoms with Gasteiger partial charge in [-0.2, -0.15) is 0 Å². The van der Waals surface area contributed by atoms with Crippen molar-refractivity contribution in [3.05, 3.63) is 40.4 Å². The van der Waals surface area contributed by atoms with E-state index in [2.05, 4.69) is 11.4 Å². The van der Waals surface area contributed by atoms with Crippen molar-refractivity contribution in [2.24, 2.45) is 0 Å². The number of amides is 1. The molecule has 17 heavy (non-hydrogen) atoms. The smallest absolute Gasteiger partial charge is 0.263 e. The number of carbonyl (C=O) groups is 1. The summed E-state index contributed by atoms with van der Waals surface area (Å²) >= 11 is 6.20. The molecule has 1 N–H and O–H groups in total. The molecule has 1 fully saturated rings. The summed E-state index contributed by atoms with van der Waals surface area (Å²) in [4.78, 5) is 11.9. The summed E-state index contributed by atoms with van der Waals surface area (Å²) in [6, 6.07) is 8.52. The van der Waals surface area contributed by atoms with Crippen LogP contribution in [-0.4, -0.2) is 11.9 Å². The Balaban J connectivity index is 1.90. The van der Waals surface area contributed by atoms with Crippen LogP contribution < -0.4 is 5.32 Å². The van der Waals surface area contributed by atoms with Gasteiger partial charge in [0.05, 0.1) is 0 Å². The van der Waals surface area contributed by atoms with E-state index in [4.69, 9.17) is 11.6 Å². The summed E-state index contributed by atoms with van der Waals surface area (Å²) in [5.74, 6) is -0.110. The minimum absolute atomic E-state index is 0.110. The Morgan fingerprint density at radius 3 is 2.76 bits per heavy atom. The summed E-state index contributed by atoms with van der Waals surface area (Å²) in [5.41, 5.74) is 3.43. The fraction of sp³-hybridized carbons (Fsp3) is 0.357. The summed E-state index contributed by atoms with van der Waals surface area (Å²) in [5, 5.41) is 3.31. The van der Waals surface area contributed by atoms with Gasteiger partial charge in [-0.25, -0.2) is 0 Å². The maximum Gasteiger partial charge on any atom is 0.263 e. The zero-order valence-corrected chi connectivity index (χ0v) is 10.3. The standard InChI is InChI=1S/C14H14ClNO/c15-13(14(17)16-10-6-7-10)12-8-5-9-3-1-2-4-11(9)12/h1-4,10H,5-8H2,(H,16,17). The van der Waals surface area contributed by atoms with E-state index in [0.717, 1.165) is 36.8 Å². The third-order valence-electron chi connectivity index (χ3n) is 3.36. The van der Waals surface area contributed by atoms with E-state index < -0.39 is 0 Å². The van der Waals surface area contributed by atoms with Gasteiger partial charge >= 0.3 is 0 Å². The first-order valence-electron chi connectivity index (χ1n) is 6.03. The van der Waals surface area contributed by atoms with Gasteiger partial charge in [0.2, 0.25) is 0 Å². The second-order valence-corrected chi connectivity index (χ2v) is 5.08. The van der Waals surface area contributed by atoms with Crippen LogP contribution in [-0.2, 0) is 11.2 Å². The number of nitrogens with one attached hydrogen (secondary N) is 1. The van der Waals surface area contributed by atoms with Crippen LogP contribution in [0.15, 0.2) is 29.3 Å². The van der Waals surface area contributed by atoms with Crippen LogP contribution in [0.5, 0.6) is 0 Å². The maximum atomic E-state index is 11.9. The third-order valence-corrected chi connectivity index (χ3v) is 3.76. The Bertz CT molecular complexity index is 503. The molecule has 0 unspecified atom stereocenters. The van der Waals surface area contributed by atoms with E-state index in [1.165, 1.54) is 5.56 Å². The number of hydrogen-bond donors (Lipinski definition) is 1. The maximum absolute atomic E-state index is 11.9. The lowest BCUT2D eigenvalue weighted by Crippen LogP contribution is -2.25. The monoisotopic (exact) mass is 247 g/mol. The summed E-state index contributed by atoms with van der Waals surface area (Å²) in [7, 11) is 0. The molecule has 0 radical (unpaired) electrons. The van der Waals surface area contributed by atoms with E-state index in [9.17, 15) is 4.79 Å². The molecule has 2 aliphatic carbocycles. The number of rotatable bonds is 2. The highest BCUT2D eigenvalue weighted by Gasteiger charge is 2.27. The molecule has 0 spiro atoms. The molecule has 1 aromatic rings. The van der Waals surface area contributed by atoms with Crippen LogP contribution in [0.3, 0.4) is 0 Å². The van der Waals surface area contributed by atoms with Crippen molar-refractivity contribution < 1.29 is 4.79 Å². The number of fused-ring (bicyclic) bond motifs is 1. The van der Waals surface area contributed by atoms with Gasteiger partial charge < -0.3 is 5.32 Å². The molecular weight excluding hydrogens is 234 g/mol. The van der Waals surface area contributed by atoms with Crippen molar-refractivity contribution in [3.63, 3.8) is 0 Å². The average Bonchev–Trinajstić information content (AvgIpc) is 3.05. The summed E-state index contributed by atoms with van der Waals surface area (Å²) < 4.78 is 0. The topological polar surface area (TPSA) is 29.1 Å². The van der Waals surface area contributed by atoms with E-state index in [0.29, 0.717) is 11.1 Å². The Kier molecular flexibility index (Phi) is 2.67. The number of halogens is 1. The molecule has 3 rings (SSSR count). The molecular formula is C14H14ClNO. The first-order chi connectivity index (χ1) is 8.25. The molecule has 1 saturated carbocycles. The van der Waals surface area contributed by atoms with E-state index in [1.54, 1.807) is 0 Å². The minimum Gasteiger partial charge on any atom is -0.349 e. The zero-order valence-electron chi connectivity index (χ0n) is 9.50. The highest BCUT2D eigenvalue weighted by Crippen LogP contribution is 2.35. The van der Waals surface area contributed by atoms with E-state index >= 15 is 0 Å². The first-order valence-corrected chi connectivity index (χ1v) is 6.41. The number of allylic oxidation sites excluding steroid dienone is 1. The zero-order chi connectivity index (χ0) is 11.8. The molecule has 88 valence electrons. The van der Waals surface area contributed by atoms with E-state index in [1.807, 2.05) is 18.2 Å². The molecule has 2 aliphatic rings. The second-order valence-electron chi connectivity index (χ2n) is 4.70. The van der Waals surface area contributed by atoms with Gasteiger partial charge in [-0.1, -0.05) is 35.9 Å². The van der Waals surface area contributed by atoms with Gasteiger partial charge in [-0.3, -0.25) is 4.79 Å². The lowest BCUT2D eigenvalue weighted by molar-refractivity contribution is -0.116. The van der Waals surface area contributed by atoms with Crippen LogP contribution in [0.2, 0.25) is 0 Å². The predicted octanol–water partition coefficient (Wildman–Crippen LogP) is 2.86. The van der Waals surface area contributed by atoms with Gasteiger partial charge in [0.15, 0.2) is 0 Å². The van der Waals surface area contributed by atoms with Crippen molar-refractivity contribution in [2.75, 3.05) is 0 Å². The number of hydrogen-bond acceptors (Lipinski definition) is 1. The SMILES string of the molecule is O=C(NC1CC1)C(Cl)=C1CCc2ccccc21. The number of benzene rings is 1. The van der Waals surface area contributed by atoms with Gasteiger partial charge in [-0.05, 0) is 42.4 Å². The van der Waals surface area contributed by atoms with Crippen LogP contribution >= 0.6 is 11.6 Å². The van der Waals surface area contributed by atoms with Crippen molar-refractivity contribution in [3.8, 4) is 0 Å². The molecule has 0 saturated heterocycles. The molecule has 0 atom stereocenters. The predicted molar refractivity (Wildman–Crippen MR) is 68.7 cm³/mol. The first kappa shape index (κ1) is 10.8. The Hall–Kier alpha value is -1.28.